The molecule has 1 aromatic heterocycles. The number of carbonyl (C=O) groups is 1. The van der Waals surface area contributed by atoms with E-state index in [2.05, 4.69) is 5.32 Å². The number of carbonyl (C=O) groups excluding carboxylic acids is 1. The molecule has 0 aliphatic carbocycles. The van der Waals surface area contributed by atoms with Gasteiger partial charge in [-0.1, -0.05) is 35.3 Å². The number of thiophene rings is 1. The van der Waals surface area contributed by atoms with E-state index >= 15 is 0 Å². The van der Waals surface area contributed by atoms with Crippen LogP contribution in [0.5, 0.6) is 0 Å². The average Bonchev–Trinajstić information content (AvgIpc) is 2.89. The Morgan fingerprint density at radius 2 is 2.15 bits per heavy atom. The molecule has 104 valence electrons. The summed E-state index contributed by atoms with van der Waals surface area (Å²) in [7, 11) is 0. The number of rotatable bonds is 4. The van der Waals surface area contributed by atoms with Crippen molar-refractivity contribution in [3.8, 4) is 0 Å². The van der Waals surface area contributed by atoms with E-state index in [1.165, 1.54) is 6.08 Å². The number of nitrogens with one attached hydrogen (secondary N) is 1. The SMILES string of the molecule is CC(NC(=O)/C=C/c1cccs1)c1ccc(Cl)cc1Cl. The minimum atomic E-state index is -0.180. The van der Waals surface area contributed by atoms with Gasteiger partial charge in [0, 0.05) is 21.0 Å². The summed E-state index contributed by atoms with van der Waals surface area (Å²) in [6, 6.07) is 8.96. The van der Waals surface area contributed by atoms with Crippen molar-refractivity contribution < 1.29 is 4.79 Å². The van der Waals surface area contributed by atoms with E-state index in [-0.39, 0.29) is 11.9 Å². The summed E-state index contributed by atoms with van der Waals surface area (Å²) in [5, 5.41) is 5.96. The maximum absolute atomic E-state index is 11.8. The van der Waals surface area contributed by atoms with Crippen LogP contribution in [0.3, 0.4) is 0 Å². The molecule has 0 aliphatic heterocycles. The maximum Gasteiger partial charge on any atom is 0.244 e. The number of amides is 1. The minimum Gasteiger partial charge on any atom is -0.346 e. The van der Waals surface area contributed by atoms with Crippen molar-refractivity contribution in [2.45, 2.75) is 13.0 Å². The number of halogens is 2. The first-order valence-electron chi connectivity index (χ1n) is 6.03. The molecule has 0 fully saturated rings. The molecule has 0 spiro atoms. The third-order valence-corrected chi connectivity index (χ3v) is 4.13. The van der Waals surface area contributed by atoms with Gasteiger partial charge in [-0.3, -0.25) is 4.79 Å². The highest BCUT2D eigenvalue weighted by molar-refractivity contribution is 7.10. The lowest BCUT2D eigenvalue weighted by Gasteiger charge is -2.14. The second kappa shape index (κ2) is 6.93. The van der Waals surface area contributed by atoms with Crippen molar-refractivity contribution in [3.05, 3.63) is 62.3 Å². The van der Waals surface area contributed by atoms with Gasteiger partial charge in [0.2, 0.25) is 5.91 Å². The fourth-order valence-electron chi connectivity index (χ4n) is 1.74. The second-order valence-electron chi connectivity index (χ2n) is 4.24. The van der Waals surface area contributed by atoms with Crippen LogP contribution < -0.4 is 5.32 Å². The molecule has 1 atom stereocenters. The highest BCUT2D eigenvalue weighted by Crippen LogP contribution is 2.26. The van der Waals surface area contributed by atoms with Crippen LogP contribution in [-0.4, -0.2) is 5.91 Å². The molecule has 2 nitrogen and oxygen atoms in total. The Hall–Kier alpha value is -1.29. The quantitative estimate of drug-likeness (QED) is 0.792. The smallest absolute Gasteiger partial charge is 0.244 e. The van der Waals surface area contributed by atoms with Crippen LogP contribution in [0.4, 0.5) is 0 Å². The third-order valence-electron chi connectivity index (χ3n) is 2.73. The summed E-state index contributed by atoms with van der Waals surface area (Å²) < 4.78 is 0. The van der Waals surface area contributed by atoms with Crippen molar-refractivity contribution in [2.75, 3.05) is 0 Å². The summed E-state index contributed by atoms with van der Waals surface area (Å²) in [5.41, 5.74) is 0.842. The molecule has 1 N–H and O–H groups in total. The van der Waals surface area contributed by atoms with Crippen LogP contribution in [0.2, 0.25) is 10.0 Å². The van der Waals surface area contributed by atoms with Gasteiger partial charge in [-0.15, -0.1) is 11.3 Å². The lowest BCUT2D eigenvalue weighted by molar-refractivity contribution is -0.117. The molecular formula is C15H13Cl2NOS. The topological polar surface area (TPSA) is 29.1 Å². The first kappa shape index (κ1) is 15.1. The first-order chi connectivity index (χ1) is 9.56. The van der Waals surface area contributed by atoms with E-state index in [1.54, 1.807) is 29.5 Å². The van der Waals surface area contributed by atoms with Crippen LogP contribution >= 0.6 is 34.5 Å². The Morgan fingerprint density at radius 1 is 1.35 bits per heavy atom. The monoisotopic (exact) mass is 325 g/mol. The zero-order valence-corrected chi connectivity index (χ0v) is 13.1. The summed E-state index contributed by atoms with van der Waals surface area (Å²) in [5.74, 6) is -0.156. The van der Waals surface area contributed by atoms with E-state index in [9.17, 15) is 4.79 Å². The lowest BCUT2D eigenvalue weighted by Crippen LogP contribution is -2.24. The fraction of sp³-hybridized carbons (Fsp3) is 0.133. The van der Waals surface area contributed by atoms with Crippen molar-refractivity contribution >= 4 is 46.5 Å². The molecule has 0 radical (unpaired) electrons. The minimum absolute atomic E-state index is 0.156. The zero-order valence-electron chi connectivity index (χ0n) is 10.8. The normalized spacial score (nSPS) is 12.6. The van der Waals surface area contributed by atoms with Crippen molar-refractivity contribution in [3.63, 3.8) is 0 Å². The Kier molecular flexibility index (Phi) is 5.24. The summed E-state index contributed by atoms with van der Waals surface area (Å²) >= 11 is 13.5. The van der Waals surface area contributed by atoms with Crippen LogP contribution in [-0.2, 0) is 4.79 Å². The standard InChI is InChI=1S/C15H13Cl2NOS/c1-10(13-6-4-11(16)9-14(13)17)18-15(19)7-5-12-3-2-8-20-12/h2-10H,1H3,(H,18,19)/b7-5+. The molecular weight excluding hydrogens is 313 g/mol. The van der Waals surface area contributed by atoms with Gasteiger partial charge in [-0.25, -0.2) is 0 Å². The molecule has 0 aliphatic rings. The number of hydrogen-bond acceptors (Lipinski definition) is 2. The Morgan fingerprint density at radius 3 is 2.80 bits per heavy atom. The van der Waals surface area contributed by atoms with Gasteiger partial charge in [0.05, 0.1) is 6.04 Å². The lowest BCUT2D eigenvalue weighted by atomic mass is 10.1. The molecule has 1 unspecified atom stereocenters. The molecule has 0 saturated carbocycles. The van der Waals surface area contributed by atoms with Gasteiger partial charge >= 0.3 is 0 Å². The van der Waals surface area contributed by atoms with E-state index in [0.29, 0.717) is 10.0 Å². The van der Waals surface area contributed by atoms with Crippen molar-refractivity contribution in [1.29, 1.82) is 0 Å². The largest absolute Gasteiger partial charge is 0.346 e. The molecule has 2 aromatic rings. The fourth-order valence-corrected chi connectivity index (χ4v) is 2.93. The van der Waals surface area contributed by atoms with E-state index < -0.39 is 0 Å². The van der Waals surface area contributed by atoms with Gasteiger partial charge in [0.15, 0.2) is 0 Å². The summed E-state index contributed by atoms with van der Waals surface area (Å²) in [6.07, 6.45) is 3.31. The summed E-state index contributed by atoms with van der Waals surface area (Å²) in [4.78, 5) is 12.9. The zero-order chi connectivity index (χ0) is 14.5. The van der Waals surface area contributed by atoms with Gasteiger partial charge in [0.25, 0.3) is 0 Å². The molecule has 5 heteroatoms. The van der Waals surface area contributed by atoms with E-state index in [0.717, 1.165) is 10.4 Å². The van der Waals surface area contributed by atoms with Gasteiger partial charge < -0.3 is 5.32 Å². The predicted octanol–water partition coefficient (Wildman–Crippen LogP) is 4.95. The second-order valence-corrected chi connectivity index (χ2v) is 6.07. The third kappa shape index (κ3) is 4.10. The molecule has 1 heterocycles. The molecule has 0 saturated heterocycles. The highest BCUT2D eigenvalue weighted by atomic mass is 35.5. The van der Waals surface area contributed by atoms with Crippen molar-refractivity contribution in [2.24, 2.45) is 0 Å². The Labute approximate surface area is 132 Å². The van der Waals surface area contributed by atoms with Gasteiger partial charge in [-0.2, -0.15) is 0 Å². The highest BCUT2D eigenvalue weighted by Gasteiger charge is 2.11. The van der Waals surface area contributed by atoms with Crippen LogP contribution in [0.25, 0.3) is 6.08 Å². The summed E-state index contributed by atoms with van der Waals surface area (Å²) in [6.45, 7) is 1.88. The molecule has 1 amide bonds. The molecule has 1 aromatic carbocycles. The van der Waals surface area contributed by atoms with Crippen LogP contribution in [0.1, 0.15) is 23.4 Å². The van der Waals surface area contributed by atoms with E-state index in [4.69, 9.17) is 23.2 Å². The van der Waals surface area contributed by atoms with Gasteiger partial charge in [0.1, 0.15) is 0 Å². The number of benzene rings is 1. The first-order valence-corrected chi connectivity index (χ1v) is 7.67. The van der Waals surface area contributed by atoms with Crippen molar-refractivity contribution in [1.82, 2.24) is 5.32 Å². The average molecular weight is 326 g/mol. The Bertz CT molecular complexity index is 623. The van der Waals surface area contributed by atoms with Crippen LogP contribution in [0, 0.1) is 0 Å². The van der Waals surface area contributed by atoms with Crippen LogP contribution in [0.15, 0.2) is 41.8 Å². The molecule has 20 heavy (non-hydrogen) atoms. The Balaban J connectivity index is 2.00. The number of hydrogen-bond donors (Lipinski definition) is 1. The predicted molar refractivity (Wildman–Crippen MR) is 86.4 cm³/mol. The molecule has 2 rings (SSSR count). The van der Waals surface area contributed by atoms with E-state index in [1.807, 2.05) is 30.5 Å². The molecule has 0 bridgehead atoms. The maximum atomic E-state index is 11.8. The van der Waals surface area contributed by atoms with Gasteiger partial charge in [-0.05, 0) is 42.1 Å².